The van der Waals surface area contributed by atoms with Gasteiger partial charge in [0.25, 0.3) is 0 Å². The predicted molar refractivity (Wildman–Crippen MR) is 126 cm³/mol. The van der Waals surface area contributed by atoms with Crippen LogP contribution in [0.5, 0.6) is 5.75 Å². The lowest BCUT2D eigenvalue weighted by atomic mass is 9.94. The van der Waals surface area contributed by atoms with E-state index in [1.165, 1.54) is 12.1 Å². The molecule has 7 nitrogen and oxygen atoms in total. The summed E-state index contributed by atoms with van der Waals surface area (Å²) < 4.78 is 48.8. The Morgan fingerprint density at radius 1 is 1.19 bits per heavy atom. The zero-order valence-electron chi connectivity index (χ0n) is 18.5. The Labute approximate surface area is 202 Å². The van der Waals surface area contributed by atoms with E-state index >= 15 is 0 Å². The molecule has 0 radical (unpaired) electrons. The Bertz CT molecular complexity index is 849. The topological polar surface area (TPSA) is 91.9 Å². The Morgan fingerprint density at radius 3 is 2.38 bits per heavy atom. The zero-order chi connectivity index (χ0) is 23.1. The molecule has 1 aromatic heterocycles. The summed E-state index contributed by atoms with van der Waals surface area (Å²) in [5.41, 5.74) is -0.899. The molecule has 0 saturated carbocycles. The van der Waals surface area contributed by atoms with Crippen LogP contribution in [0.3, 0.4) is 0 Å². The molecule has 0 spiro atoms. The number of aromatic nitrogens is 1. The van der Waals surface area contributed by atoms with Crippen LogP contribution in [0.4, 0.5) is 13.2 Å². The molecule has 180 valence electrons. The second kappa shape index (κ2) is 12.3. The van der Waals surface area contributed by atoms with Crippen molar-refractivity contribution < 1.29 is 27.4 Å². The standard InChI is InChI=1S/C21H29F3N4O3.HI/c1-5-25-19(28-12-18-26-11-17(31-18)20(2,3)4)27-10-15(29)13-30-16-8-6-14(7-9-16)21(22,23)24;/h6-9,11,15,29H,5,10,12-13H2,1-4H3,(H2,25,27,28);1H. The average Bonchev–Trinajstić information content (AvgIpc) is 3.18. The summed E-state index contributed by atoms with van der Waals surface area (Å²) in [6.45, 7) is 8.87. The number of alkyl halides is 3. The fourth-order valence-corrected chi connectivity index (χ4v) is 2.42. The highest BCUT2D eigenvalue weighted by Crippen LogP contribution is 2.30. The Balaban J connectivity index is 0.00000512. The Morgan fingerprint density at radius 2 is 1.84 bits per heavy atom. The fraction of sp³-hybridized carbons (Fsp3) is 0.524. The van der Waals surface area contributed by atoms with E-state index < -0.39 is 17.8 Å². The predicted octanol–water partition coefficient (Wildman–Crippen LogP) is 4.10. The van der Waals surface area contributed by atoms with E-state index in [1.54, 1.807) is 6.20 Å². The van der Waals surface area contributed by atoms with Crippen LogP contribution in [-0.2, 0) is 18.1 Å². The first kappa shape index (κ1) is 28.0. The third kappa shape index (κ3) is 9.23. The molecule has 2 aromatic rings. The second-order valence-electron chi connectivity index (χ2n) is 7.93. The van der Waals surface area contributed by atoms with Crippen LogP contribution in [0, 0.1) is 0 Å². The maximum Gasteiger partial charge on any atom is 0.416 e. The molecule has 0 amide bonds. The summed E-state index contributed by atoms with van der Waals surface area (Å²) in [5.74, 6) is 1.96. The molecule has 2 rings (SSSR count). The van der Waals surface area contributed by atoms with Gasteiger partial charge in [0.1, 0.15) is 30.8 Å². The molecular formula is C21H30F3IN4O3. The summed E-state index contributed by atoms with van der Waals surface area (Å²) in [6, 6.07) is 4.31. The highest BCUT2D eigenvalue weighted by molar-refractivity contribution is 14.0. The van der Waals surface area contributed by atoms with Crippen LogP contribution >= 0.6 is 24.0 Å². The van der Waals surface area contributed by atoms with Gasteiger partial charge in [-0.05, 0) is 31.2 Å². The molecule has 1 unspecified atom stereocenters. The van der Waals surface area contributed by atoms with Gasteiger partial charge in [-0.25, -0.2) is 9.98 Å². The zero-order valence-corrected chi connectivity index (χ0v) is 20.8. The van der Waals surface area contributed by atoms with Gasteiger partial charge in [0, 0.05) is 18.5 Å². The number of hydrogen-bond acceptors (Lipinski definition) is 5. The molecule has 11 heteroatoms. The summed E-state index contributed by atoms with van der Waals surface area (Å²) in [5, 5.41) is 16.1. The van der Waals surface area contributed by atoms with Crippen molar-refractivity contribution in [3.05, 3.63) is 47.7 Å². The second-order valence-corrected chi connectivity index (χ2v) is 7.93. The van der Waals surface area contributed by atoms with Crippen molar-refractivity contribution in [2.75, 3.05) is 19.7 Å². The van der Waals surface area contributed by atoms with Crippen LogP contribution in [0.25, 0.3) is 0 Å². The van der Waals surface area contributed by atoms with E-state index in [4.69, 9.17) is 9.15 Å². The van der Waals surface area contributed by atoms with Crippen LogP contribution in [-0.4, -0.2) is 41.9 Å². The van der Waals surface area contributed by atoms with Crippen molar-refractivity contribution in [3.63, 3.8) is 0 Å². The molecule has 0 saturated heterocycles. The maximum atomic E-state index is 12.6. The van der Waals surface area contributed by atoms with Gasteiger partial charge in [-0.2, -0.15) is 13.2 Å². The van der Waals surface area contributed by atoms with Crippen LogP contribution in [0.1, 0.15) is 44.9 Å². The number of hydrogen-bond donors (Lipinski definition) is 3. The van der Waals surface area contributed by atoms with Crippen molar-refractivity contribution >= 4 is 29.9 Å². The lowest BCUT2D eigenvalue weighted by Crippen LogP contribution is -2.42. The molecule has 1 heterocycles. The molecule has 0 aliphatic rings. The van der Waals surface area contributed by atoms with Gasteiger partial charge in [0.15, 0.2) is 5.96 Å². The van der Waals surface area contributed by atoms with E-state index in [2.05, 4.69) is 20.6 Å². The number of aliphatic hydroxyl groups is 1. The molecule has 0 bridgehead atoms. The van der Waals surface area contributed by atoms with Crippen molar-refractivity contribution in [2.24, 2.45) is 4.99 Å². The third-order valence-corrected chi connectivity index (χ3v) is 4.14. The molecular weight excluding hydrogens is 540 g/mol. The van der Waals surface area contributed by atoms with Crippen molar-refractivity contribution in [2.45, 2.75) is 51.9 Å². The molecule has 1 atom stereocenters. The maximum absolute atomic E-state index is 12.6. The summed E-state index contributed by atoms with van der Waals surface area (Å²) in [7, 11) is 0. The van der Waals surface area contributed by atoms with Crippen molar-refractivity contribution in [1.29, 1.82) is 0 Å². The number of benzene rings is 1. The Hall–Kier alpha value is -2.02. The van der Waals surface area contributed by atoms with E-state index in [1.807, 2.05) is 27.7 Å². The summed E-state index contributed by atoms with van der Waals surface area (Å²) in [6.07, 6.45) is -3.61. The van der Waals surface area contributed by atoms with Gasteiger partial charge >= 0.3 is 6.18 Å². The minimum Gasteiger partial charge on any atom is -0.491 e. The number of halogens is 4. The SMILES string of the molecule is CCNC(=NCc1ncc(C(C)(C)C)o1)NCC(O)COc1ccc(C(F)(F)F)cc1.I. The van der Waals surface area contributed by atoms with E-state index in [-0.39, 0.29) is 54.8 Å². The van der Waals surface area contributed by atoms with Crippen molar-refractivity contribution in [3.8, 4) is 5.75 Å². The highest BCUT2D eigenvalue weighted by atomic mass is 127. The monoisotopic (exact) mass is 570 g/mol. The number of ether oxygens (including phenoxy) is 1. The minimum atomic E-state index is -4.40. The number of rotatable bonds is 8. The molecule has 32 heavy (non-hydrogen) atoms. The van der Waals surface area contributed by atoms with Gasteiger partial charge < -0.3 is 24.9 Å². The van der Waals surface area contributed by atoms with Gasteiger partial charge in [0.05, 0.1) is 11.8 Å². The fourth-order valence-electron chi connectivity index (χ4n) is 2.42. The number of aliphatic hydroxyl groups excluding tert-OH is 1. The van der Waals surface area contributed by atoms with Gasteiger partial charge in [-0.1, -0.05) is 20.8 Å². The molecule has 1 aromatic carbocycles. The first-order valence-corrected chi connectivity index (χ1v) is 9.94. The Kier molecular flexibility index (Phi) is 10.8. The van der Waals surface area contributed by atoms with Crippen LogP contribution in [0.15, 0.2) is 39.9 Å². The third-order valence-electron chi connectivity index (χ3n) is 4.14. The van der Waals surface area contributed by atoms with Gasteiger partial charge in [0.2, 0.25) is 5.89 Å². The lowest BCUT2D eigenvalue weighted by Gasteiger charge is -2.16. The first-order chi connectivity index (χ1) is 14.5. The van der Waals surface area contributed by atoms with Crippen LogP contribution in [0.2, 0.25) is 0 Å². The molecule has 0 aliphatic carbocycles. The van der Waals surface area contributed by atoms with Gasteiger partial charge in [-0.15, -0.1) is 24.0 Å². The minimum absolute atomic E-state index is 0. The highest BCUT2D eigenvalue weighted by Gasteiger charge is 2.30. The molecule has 0 fully saturated rings. The molecule has 0 aliphatic heterocycles. The van der Waals surface area contributed by atoms with Crippen molar-refractivity contribution in [1.82, 2.24) is 15.6 Å². The summed E-state index contributed by atoms with van der Waals surface area (Å²) in [4.78, 5) is 8.61. The average molecular weight is 570 g/mol. The van der Waals surface area contributed by atoms with Gasteiger partial charge in [-0.3, -0.25) is 0 Å². The number of aliphatic imine (C=N–C) groups is 1. The largest absolute Gasteiger partial charge is 0.491 e. The lowest BCUT2D eigenvalue weighted by molar-refractivity contribution is -0.137. The van der Waals surface area contributed by atoms with E-state index in [0.717, 1.165) is 17.9 Å². The number of nitrogens with zero attached hydrogens (tertiary/aromatic N) is 2. The number of nitrogens with one attached hydrogen (secondary N) is 2. The van der Waals surface area contributed by atoms with Crippen LogP contribution < -0.4 is 15.4 Å². The summed E-state index contributed by atoms with van der Waals surface area (Å²) >= 11 is 0. The van der Waals surface area contributed by atoms with E-state index in [0.29, 0.717) is 18.4 Å². The normalized spacial score (nSPS) is 13.3. The quantitative estimate of drug-likeness (QED) is 0.252. The smallest absolute Gasteiger partial charge is 0.416 e. The number of oxazole rings is 1. The molecule has 3 N–H and O–H groups in total. The number of guanidine groups is 1. The first-order valence-electron chi connectivity index (χ1n) is 9.94. The van der Waals surface area contributed by atoms with E-state index in [9.17, 15) is 18.3 Å².